The van der Waals surface area contributed by atoms with Crippen LogP contribution < -0.4 is 10.6 Å². The lowest BCUT2D eigenvalue weighted by Gasteiger charge is -2.25. The predicted molar refractivity (Wildman–Crippen MR) is 74.1 cm³/mol. The van der Waals surface area contributed by atoms with Crippen LogP contribution in [0.3, 0.4) is 0 Å². The molecule has 0 saturated carbocycles. The van der Waals surface area contributed by atoms with Gasteiger partial charge in [0.1, 0.15) is 11.6 Å². The summed E-state index contributed by atoms with van der Waals surface area (Å²) in [7, 11) is -1.19. The maximum Gasteiger partial charge on any atom is 0.152 e. The largest absolute Gasteiger partial charge is 0.382 e. The summed E-state index contributed by atoms with van der Waals surface area (Å²) in [6.45, 7) is 0. The minimum atomic E-state index is -2.95. The van der Waals surface area contributed by atoms with E-state index in [2.05, 4.69) is 4.98 Å². The van der Waals surface area contributed by atoms with Gasteiger partial charge in [0.05, 0.1) is 21.6 Å². The fourth-order valence-corrected chi connectivity index (χ4v) is 4.24. The molecular formula is C10H13Cl2N3O2S. The Hall–Kier alpha value is -0.720. The SMILES string of the molecule is CN(c1nc(N)c(Cl)cc1Cl)C1CCS(=O)(=O)C1. The van der Waals surface area contributed by atoms with Gasteiger partial charge in [-0.3, -0.25) is 0 Å². The summed E-state index contributed by atoms with van der Waals surface area (Å²) in [6.07, 6.45) is 0.569. The van der Waals surface area contributed by atoms with Gasteiger partial charge in [0.15, 0.2) is 9.84 Å². The normalized spacial score (nSPS) is 22.1. The van der Waals surface area contributed by atoms with E-state index in [4.69, 9.17) is 28.9 Å². The number of rotatable bonds is 2. The Bertz CT molecular complexity index is 577. The van der Waals surface area contributed by atoms with Crippen LogP contribution in [0.15, 0.2) is 6.07 Å². The van der Waals surface area contributed by atoms with Crippen LogP contribution in [0.25, 0.3) is 0 Å². The number of halogens is 2. The molecule has 1 atom stereocenters. The Morgan fingerprint density at radius 2 is 2.11 bits per heavy atom. The van der Waals surface area contributed by atoms with Crippen molar-refractivity contribution >= 4 is 44.7 Å². The molecule has 1 aliphatic heterocycles. The van der Waals surface area contributed by atoms with E-state index in [-0.39, 0.29) is 28.4 Å². The number of nitrogens with two attached hydrogens (primary N) is 1. The molecule has 5 nitrogen and oxygen atoms in total. The predicted octanol–water partition coefficient (Wildman–Crippen LogP) is 1.59. The van der Waals surface area contributed by atoms with Gasteiger partial charge in [0, 0.05) is 13.1 Å². The molecule has 0 aromatic carbocycles. The zero-order valence-corrected chi connectivity index (χ0v) is 12.1. The number of aromatic nitrogens is 1. The van der Waals surface area contributed by atoms with Gasteiger partial charge in [-0.1, -0.05) is 23.2 Å². The van der Waals surface area contributed by atoms with Gasteiger partial charge in [0.25, 0.3) is 0 Å². The van der Waals surface area contributed by atoms with Gasteiger partial charge in [-0.15, -0.1) is 0 Å². The van der Waals surface area contributed by atoms with Gasteiger partial charge in [0.2, 0.25) is 0 Å². The highest BCUT2D eigenvalue weighted by Crippen LogP contribution is 2.32. The van der Waals surface area contributed by atoms with Crippen molar-refractivity contribution in [1.82, 2.24) is 4.98 Å². The number of nitrogen functional groups attached to an aromatic ring is 1. The van der Waals surface area contributed by atoms with Gasteiger partial charge in [-0.2, -0.15) is 0 Å². The standard InChI is InChI=1S/C10H13Cl2N3O2S/c1-15(6-2-3-18(16,17)5-6)10-8(12)4-7(11)9(13)14-10/h4,6H,2-3,5H2,1H3,(H2,13,14). The minimum Gasteiger partial charge on any atom is -0.382 e. The Balaban J connectivity index is 2.30. The molecule has 0 bridgehead atoms. The molecule has 2 N–H and O–H groups in total. The van der Waals surface area contributed by atoms with Crippen LogP contribution in [0.2, 0.25) is 10.0 Å². The van der Waals surface area contributed by atoms with Gasteiger partial charge < -0.3 is 10.6 Å². The number of nitrogens with zero attached hydrogens (tertiary/aromatic N) is 2. The van der Waals surface area contributed by atoms with Crippen molar-refractivity contribution in [1.29, 1.82) is 0 Å². The van der Waals surface area contributed by atoms with E-state index in [9.17, 15) is 8.42 Å². The van der Waals surface area contributed by atoms with Crippen LogP contribution in [0.4, 0.5) is 11.6 Å². The summed E-state index contributed by atoms with van der Waals surface area (Å²) in [6, 6.07) is 1.39. The van der Waals surface area contributed by atoms with Crippen molar-refractivity contribution in [2.45, 2.75) is 12.5 Å². The van der Waals surface area contributed by atoms with E-state index in [0.29, 0.717) is 17.3 Å². The molecule has 8 heteroatoms. The fourth-order valence-electron chi connectivity index (χ4n) is 1.97. The highest BCUT2D eigenvalue weighted by atomic mass is 35.5. The first-order valence-electron chi connectivity index (χ1n) is 5.35. The highest BCUT2D eigenvalue weighted by Gasteiger charge is 2.32. The third kappa shape index (κ3) is 2.65. The Morgan fingerprint density at radius 1 is 1.44 bits per heavy atom. The Kier molecular flexibility index (Phi) is 3.62. The number of hydrogen-bond acceptors (Lipinski definition) is 5. The summed E-state index contributed by atoms with van der Waals surface area (Å²) in [5.41, 5.74) is 5.63. The third-order valence-corrected chi connectivity index (χ3v) is 5.36. The van der Waals surface area contributed by atoms with Gasteiger partial charge in [-0.25, -0.2) is 13.4 Å². The lowest BCUT2D eigenvalue weighted by molar-refractivity contribution is 0.600. The molecule has 2 heterocycles. The van der Waals surface area contributed by atoms with E-state index in [1.54, 1.807) is 11.9 Å². The highest BCUT2D eigenvalue weighted by molar-refractivity contribution is 7.91. The van der Waals surface area contributed by atoms with E-state index in [1.165, 1.54) is 6.07 Å². The van der Waals surface area contributed by atoms with Crippen molar-refractivity contribution in [3.05, 3.63) is 16.1 Å². The zero-order valence-electron chi connectivity index (χ0n) is 9.73. The molecule has 1 fully saturated rings. The molecule has 0 radical (unpaired) electrons. The van der Waals surface area contributed by atoms with E-state index < -0.39 is 9.84 Å². The topological polar surface area (TPSA) is 76.3 Å². The maximum absolute atomic E-state index is 11.5. The van der Waals surface area contributed by atoms with Crippen molar-refractivity contribution in [2.75, 3.05) is 29.2 Å². The monoisotopic (exact) mass is 309 g/mol. The number of hydrogen-bond donors (Lipinski definition) is 1. The second-order valence-electron chi connectivity index (χ2n) is 4.33. The van der Waals surface area contributed by atoms with Crippen molar-refractivity contribution in [3.63, 3.8) is 0 Å². The molecule has 100 valence electrons. The fraction of sp³-hybridized carbons (Fsp3) is 0.500. The molecule has 0 aliphatic carbocycles. The van der Waals surface area contributed by atoms with Crippen molar-refractivity contribution in [2.24, 2.45) is 0 Å². The van der Waals surface area contributed by atoms with Crippen LogP contribution >= 0.6 is 23.2 Å². The molecular weight excluding hydrogens is 297 g/mol. The summed E-state index contributed by atoms with van der Waals surface area (Å²) < 4.78 is 22.9. The number of anilines is 2. The first-order valence-corrected chi connectivity index (χ1v) is 7.92. The van der Waals surface area contributed by atoms with E-state index in [0.717, 1.165) is 0 Å². The summed E-state index contributed by atoms with van der Waals surface area (Å²) in [4.78, 5) is 5.86. The zero-order chi connectivity index (χ0) is 13.5. The average molecular weight is 310 g/mol. The van der Waals surface area contributed by atoms with Gasteiger partial charge in [-0.05, 0) is 12.5 Å². The molecule has 0 spiro atoms. The average Bonchev–Trinajstić information content (AvgIpc) is 2.63. The maximum atomic E-state index is 11.5. The lowest BCUT2D eigenvalue weighted by Crippen LogP contribution is -2.33. The van der Waals surface area contributed by atoms with E-state index in [1.807, 2.05) is 0 Å². The molecule has 1 saturated heterocycles. The van der Waals surface area contributed by atoms with Crippen LogP contribution in [0.5, 0.6) is 0 Å². The lowest BCUT2D eigenvalue weighted by atomic mass is 10.2. The third-order valence-electron chi connectivity index (χ3n) is 3.03. The molecule has 1 aromatic heterocycles. The summed E-state index contributed by atoms with van der Waals surface area (Å²) in [5.74, 6) is 0.955. The second-order valence-corrected chi connectivity index (χ2v) is 7.37. The molecule has 0 amide bonds. The van der Waals surface area contributed by atoms with Crippen molar-refractivity contribution in [3.8, 4) is 0 Å². The van der Waals surface area contributed by atoms with Crippen LogP contribution in [0, 0.1) is 0 Å². The quantitative estimate of drug-likeness (QED) is 0.898. The summed E-state index contributed by atoms with van der Waals surface area (Å²) in [5, 5.41) is 0.650. The van der Waals surface area contributed by atoms with Crippen LogP contribution in [0.1, 0.15) is 6.42 Å². The smallest absolute Gasteiger partial charge is 0.152 e. The van der Waals surface area contributed by atoms with E-state index >= 15 is 0 Å². The molecule has 18 heavy (non-hydrogen) atoms. The first kappa shape index (κ1) is 13.7. The summed E-state index contributed by atoms with van der Waals surface area (Å²) >= 11 is 11.9. The molecule has 2 rings (SSSR count). The molecule has 1 aliphatic rings. The van der Waals surface area contributed by atoms with Gasteiger partial charge >= 0.3 is 0 Å². The van der Waals surface area contributed by atoms with Crippen LogP contribution in [-0.2, 0) is 9.84 Å². The van der Waals surface area contributed by atoms with Crippen LogP contribution in [-0.4, -0.2) is 38.0 Å². The Morgan fingerprint density at radius 3 is 2.67 bits per heavy atom. The molecule has 1 unspecified atom stereocenters. The first-order chi connectivity index (χ1) is 8.30. The van der Waals surface area contributed by atoms with Crippen molar-refractivity contribution < 1.29 is 8.42 Å². The minimum absolute atomic E-state index is 0.115. The molecule has 1 aromatic rings. The Labute approximate surface area is 116 Å². The second kappa shape index (κ2) is 4.75. The number of sulfone groups is 1. The number of pyridine rings is 1.